The molecular formula is C19H27N3O3S. The Morgan fingerprint density at radius 2 is 1.81 bits per heavy atom. The summed E-state index contributed by atoms with van der Waals surface area (Å²) in [5.41, 5.74) is 2.44. The number of carbonyl (C=O) groups is 1. The summed E-state index contributed by atoms with van der Waals surface area (Å²) in [6.45, 7) is 2.94. The molecule has 1 saturated heterocycles. The molecule has 1 N–H and O–H groups in total. The van der Waals surface area contributed by atoms with Crippen molar-refractivity contribution in [3.63, 3.8) is 0 Å². The molecule has 1 heterocycles. The van der Waals surface area contributed by atoms with Crippen LogP contribution < -0.4 is 5.32 Å². The number of nitrogens with one attached hydrogen (secondary N) is 1. The lowest BCUT2D eigenvalue weighted by atomic mass is 10.1. The van der Waals surface area contributed by atoms with E-state index in [2.05, 4.69) is 5.32 Å². The molecule has 26 heavy (non-hydrogen) atoms. The quantitative estimate of drug-likeness (QED) is 0.803. The van der Waals surface area contributed by atoms with E-state index in [1.54, 1.807) is 11.0 Å². The number of fused-ring (bicyclic) bond motifs is 1. The third-order valence-corrected chi connectivity index (χ3v) is 7.60. The van der Waals surface area contributed by atoms with Crippen molar-refractivity contribution in [3.05, 3.63) is 29.3 Å². The number of nitrogens with zero attached hydrogens (tertiary/aromatic N) is 2. The van der Waals surface area contributed by atoms with Crippen LogP contribution in [0.4, 0.5) is 0 Å². The maximum absolute atomic E-state index is 12.9. The summed E-state index contributed by atoms with van der Waals surface area (Å²) in [6, 6.07) is 5.54. The van der Waals surface area contributed by atoms with Crippen molar-refractivity contribution in [2.45, 2.75) is 37.0 Å². The predicted molar refractivity (Wildman–Crippen MR) is 99.4 cm³/mol. The molecule has 142 valence electrons. The minimum absolute atomic E-state index is 0.0697. The second-order valence-corrected chi connectivity index (χ2v) is 9.58. The highest BCUT2D eigenvalue weighted by molar-refractivity contribution is 7.89. The lowest BCUT2D eigenvalue weighted by molar-refractivity contribution is -0.131. The average molecular weight is 378 g/mol. The van der Waals surface area contributed by atoms with E-state index in [-0.39, 0.29) is 5.91 Å². The van der Waals surface area contributed by atoms with Crippen molar-refractivity contribution >= 4 is 15.9 Å². The number of carbonyl (C=O) groups excluding carboxylic acids is 1. The molecule has 0 spiro atoms. The van der Waals surface area contributed by atoms with Gasteiger partial charge in [-0.1, -0.05) is 6.07 Å². The van der Waals surface area contributed by atoms with Gasteiger partial charge in [-0.05, 0) is 67.8 Å². The first-order valence-corrected chi connectivity index (χ1v) is 11.1. The normalized spacial score (nSPS) is 21.0. The SMILES string of the molecule is O=C(CNCC1CC1)N1CCN(S(=O)(=O)c2ccc3c(c2)CCC3)CC1. The van der Waals surface area contributed by atoms with Gasteiger partial charge in [0.05, 0.1) is 11.4 Å². The van der Waals surface area contributed by atoms with Crippen LogP contribution in [0.15, 0.2) is 23.1 Å². The van der Waals surface area contributed by atoms with Gasteiger partial charge in [0.15, 0.2) is 0 Å². The fraction of sp³-hybridized carbons (Fsp3) is 0.632. The lowest BCUT2D eigenvalue weighted by Crippen LogP contribution is -2.52. The zero-order valence-corrected chi connectivity index (χ0v) is 15.9. The first kappa shape index (κ1) is 17.9. The molecule has 0 bridgehead atoms. The largest absolute Gasteiger partial charge is 0.339 e. The summed E-state index contributed by atoms with van der Waals surface area (Å²) < 4.78 is 27.4. The first-order valence-electron chi connectivity index (χ1n) is 9.64. The van der Waals surface area contributed by atoms with Crippen molar-refractivity contribution in [1.82, 2.24) is 14.5 Å². The fourth-order valence-electron chi connectivity index (χ4n) is 3.85. The summed E-state index contributed by atoms with van der Waals surface area (Å²) in [5, 5.41) is 3.21. The van der Waals surface area contributed by atoms with E-state index in [1.807, 2.05) is 12.1 Å². The summed E-state index contributed by atoms with van der Waals surface area (Å²) in [7, 11) is -3.47. The van der Waals surface area contributed by atoms with Crippen LogP contribution in [-0.2, 0) is 27.7 Å². The molecule has 1 saturated carbocycles. The smallest absolute Gasteiger partial charge is 0.243 e. The molecule has 1 amide bonds. The first-order chi connectivity index (χ1) is 12.5. The molecule has 1 aromatic carbocycles. The van der Waals surface area contributed by atoms with E-state index in [1.165, 1.54) is 28.3 Å². The third kappa shape index (κ3) is 3.80. The molecule has 0 atom stereocenters. The van der Waals surface area contributed by atoms with Crippen LogP contribution in [-0.4, -0.2) is 62.8 Å². The van der Waals surface area contributed by atoms with Gasteiger partial charge >= 0.3 is 0 Å². The highest BCUT2D eigenvalue weighted by atomic mass is 32.2. The average Bonchev–Trinajstić information content (AvgIpc) is 3.35. The van der Waals surface area contributed by atoms with Gasteiger partial charge in [0.2, 0.25) is 15.9 Å². The predicted octanol–water partition coefficient (Wildman–Crippen LogP) is 1.01. The number of aryl methyl sites for hydroxylation is 2. The van der Waals surface area contributed by atoms with Crippen LogP contribution >= 0.6 is 0 Å². The number of amides is 1. The highest BCUT2D eigenvalue weighted by Gasteiger charge is 2.31. The van der Waals surface area contributed by atoms with Gasteiger partial charge in [-0.2, -0.15) is 4.31 Å². The van der Waals surface area contributed by atoms with E-state index in [9.17, 15) is 13.2 Å². The number of rotatable bonds is 6. The van der Waals surface area contributed by atoms with Gasteiger partial charge in [-0.15, -0.1) is 0 Å². The van der Waals surface area contributed by atoms with E-state index < -0.39 is 10.0 Å². The molecule has 2 aliphatic carbocycles. The van der Waals surface area contributed by atoms with Crippen LogP contribution in [0, 0.1) is 5.92 Å². The summed E-state index contributed by atoms with van der Waals surface area (Å²) in [5.74, 6) is 0.817. The molecular weight excluding hydrogens is 350 g/mol. The number of sulfonamides is 1. The Morgan fingerprint density at radius 1 is 1.08 bits per heavy atom. The Hall–Kier alpha value is -1.44. The van der Waals surface area contributed by atoms with Gasteiger partial charge in [0.25, 0.3) is 0 Å². The molecule has 4 rings (SSSR count). The van der Waals surface area contributed by atoms with Crippen molar-refractivity contribution < 1.29 is 13.2 Å². The van der Waals surface area contributed by atoms with Gasteiger partial charge in [0, 0.05) is 26.2 Å². The third-order valence-electron chi connectivity index (χ3n) is 5.71. The van der Waals surface area contributed by atoms with Gasteiger partial charge in [0.1, 0.15) is 0 Å². The molecule has 1 aliphatic heterocycles. The van der Waals surface area contributed by atoms with Gasteiger partial charge < -0.3 is 10.2 Å². The number of piperazine rings is 1. The Balaban J connectivity index is 1.33. The van der Waals surface area contributed by atoms with Crippen LogP contribution in [0.2, 0.25) is 0 Å². The molecule has 2 fully saturated rings. The Kier molecular flexibility index (Phi) is 5.03. The Labute approximate surface area is 155 Å². The van der Waals surface area contributed by atoms with E-state index in [4.69, 9.17) is 0 Å². The fourth-order valence-corrected chi connectivity index (χ4v) is 5.33. The standard InChI is InChI=1S/C19H27N3O3S/c23-19(14-20-13-15-4-5-15)21-8-10-22(11-9-21)26(24,25)18-7-6-16-2-1-3-17(16)12-18/h6-7,12,15,20H,1-5,8-11,13-14H2. The van der Waals surface area contributed by atoms with Crippen LogP contribution in [0.5, 0.6) is 0 Å². The van der Waals surface area contributed by atoms with Crippen molar-refractivity contribution in [2.75, 3.05) is 39.3 Å². The van der Waals surface area contributed by atoms with Crippen molar-refractivity contribution in [2.24, 2.45) is 5.92 Å². The molecule has 0 unspecified atom stereocenters. The minimum Gasteiger partial charge on any atom is -0.339 e. The summed E-state index contributed by atoms with van der Waals surface area (Å²) in [6.07, 6.45) is 5.65. The number of benzene rings is 1. The second-order valence-electron chi connectivity index (χ2n) is 7.64. The summed E-state index contributed by atoms with van der Waals surface area (Å²) >= 11 is 0. The lowest BCUT2D eigenvalue weighted by Gasteiger charge is -2.34. The monoisotopic (exact) mass is 377 g/mol. The molecule has 3 aliphatic rings. The van der Waals surface area contributed by atoms with Gasteiger partial charge in [-0.3, -0.25) is 4.79 Å². The van der Waals surface area contributed by atoms with Crippen molar-refractivity contribution in [3.8, 4) is 0 Å². The molecule has 1 aromatic rings. The van der Waals surface area contributed by atoms with E-state index in [0.717, 1.165) is 31.7 Å². The van der Waals surface area contributed by atoms with Crippen LogP contribution in [0.3, 0.4) is 0 Å². The van der Waals surface area contributed by atoms with Crippen molar-refractivity contribution in [1.29, 1.82) is 0 Å². The zero-order valence-electron chi connectivity index (χ0n) is 15.1. The topological polar surface area (TPSA) is 69.7 Å². The minimum atomic E-state index is -3.47. The summed E-state index contributed by atoms with van der Waals surface area (Å²) in [4.78, 5) is 14.4. The van der Waals surface area contributed by atoms with E-state index in [0.29, 0.717) is 37.6 Å². The van der Waals surface area contributed by atoms with E-state index >= 15 is 0 Å². The second kappa shape index (κ2) is 7.29. The Bertz CT molecular complexity index is 781. The number of hydrogen-bond acceptors (Lipinski definition) is 4. The highest BCUT2D eigenvalue weighted by Crippen LogP contribution is 2.28. The number of hydrogen-bond donors (Lipinski definition) is 1. The maximum Gasteiger partial charge on any atom is 0.243 e. The van der Waals surface area contributed by atoms with Gasteiger partial charge in [-0.25, -0.2) is 8.42 Å². The Morgan fingerprint density at radius 3 is 2.54 bits per heavy atom. The zero-order chi connectivity index (χ0) is 18.1. The van der Waals surface area contributed by atoms with Crippen LogP contribution in [0.25, 0.3) is 0 Å². The molecule has 6 nitrogen and oxygen atoms in total. The maximum atomic E-state index is 12.9. The molecule has 0 radical (unpaired) electrons. The van der Waals surface area contributed by atoms with Crippen LogP contribution in [0.1, 0.15) is 30.4 Å². The molecule has 0 aromatic heterocycles. The molecule has 7 heteroatoms.